The number of hydrogen-bond donors (Lipinski definition) is 1. The van der Waals surface area contributed by atoms with Gasteiger partial charge in [0.1, 0.15) is 6.26 Å². The van der Waals surface area contributed by atoms with Gasteiger partial charge in [0.25, 0.3) is 0 Å². The third kappa shape index (κ3) is 2.36. The number of para-hydroxylation sites is 2. The molecule has 0 atom stereocenters. The van der Waals surface area contributed by atoms with Gasteiger partial charge in [-0.05, 0) is 30.7 Å². The Hall–Kier alpha value is -2.55. The number of nitrogens with zero attached hydrogens (tertiary/aromatic N) is 1. The van der Waals surface area contributed by atoms with Crippen molar-refractivity contribution >= 4 is 11.4 Å². The molecule has 3 aromatic rings. The minimum atomic E-state index is 0.602. The summed E-state index contributed by atoms with van der Waals surface area (Å²) >= 11 is 0. The topological polar surface area (TPSA) is 38.1 Å². The molecule has 0 amide bonds. The van der Waals surface area contributed by atoms with E-state index in [1.807, 2.05) is 48.5 Å². The Bertz CT molecular complexity index is 675. The second kappa shape index (κ2) is 4.98. The highest BCUT2D eigenvalue weighted by molar-refractivity contribution is 5.77. The number of aromatic nitrogens is 1. The van der Waals surface area contributed by atoms with Gasteiger partial charge in [-0.2, -0.15) is 0 Å². The first-order valence-electron chi connectivity index (χ1n) is 6.01. The fourth-order valence-corrected chi connectivity index (χ4v) is 1.92. The molecule has 0 saturated carbocycles. The molecule has 1 N–H and O–H groups in total. The fraction of sp³-hybridized carbons (Fsp3) is 0. The van der Waals surface area contributed by atoms with Crippen LogP contribution in [0.4, 0.5) is 11.4 Å². The van der Waals surface area contributed by atoms with E-state index in [0.29, 0.717) is 5.89 Å². The van der Waals surface area contributed by atoms with Crippen molar-refractivity contribution in [1.29, 1.82) is 0 Å². The number of nitrogens with one attached hydrogen (secondary N) is 1. The lowest BCUT2D eigenvalue weighted by Crippen LogP contribution is -1.95. The highest BCUT2D eigenvalue weighted by atomic mass is 16.3. The number of hydrogen-bond acceptors (Lipinski definition) is 3. The molecule has 1 heterocycles. The highest BCUT2D eigenvalue weighted by Gasteiger charge is 2.09. The van der Waals surface area contributed by atoms with Gasteiger partial charge in [0.2, 0.25) is 5.89 Å². The Kier molecular flexibility index (Phi) is 3.02. The summed E-state index contributed by atoms with van der Waals surface area (Å²) in [6.45, 7) is 4.01. The highest BCUT2D eigenvalue weighted by Crippen LogP contribution is 2.29. The predicted molar refractivity (Wildman–Crippen MR) is 76.1 cm³/mol. The van der Waals surface area contributed by atoms with Crippen molar-refractivity contribution in [3.63, 3.8) is 0 Å². The van der Waals surface area contributed by atoms with Gasteiger partial charge in [0.05, 0.1) is 17.4 Å². The maximum Gasteiger partial charge on any atom is 0.227 e. The van der Waals surface area contributed by atoms with Crippen LogP contribution in [-0.2, 0) is 0 Å². The van der Waals surface area contributed by atoms with Gasteiger partial charge in [-0.3, -0.25) is 0 Å². The van der Waals surface area contributed by atoms with Crippen molar-refractivity contribution < 1.29 is 4.42 Å². The number of anilines is 2. The maximum atomic E-state index is 5.36. The second-order valence-electron chi connectivity index (χ2n) is 4.16. The van der Waals surface area contributed by atoms with Gasteiger partial charge in [-0.25, -0.2) is 4.98 Å². The lowest BCUT2D eigenvalue weighted by atomic mass is 10.1. The number of oxazole rings is 1. The van der Waals surface area contributed by atoms with Crippen LogP contribution < -0.4 is 5.32 Å². The van der Waals surface area contributed by atoms with E-state index in [4.69, 9.17) is 4.42 Å². The van der Waals surface area contributed by atoms with Crippen LogP contribution in [0, 0.1) is 6.92 Å². The first kappa shape index (κ1) is 11.5. The molecule has 93 valence electrons. The van der Waals surface area contributed by atoms with Crippen LogP contribution in [0.5, 0.6) is 0 Å². The van der Waals surface area contributed by atoms with Crippen LogP contribution in [0.25, 0.3) is 11.5 Å². The molecule has 0 fully saturated rings. The van der Waals surface area contributed by atoms with Crippen molar-refractivity contribution in [1.82, 2.24) is 4.98 Å². The summed E-state index contributed by atoms with van der Waals surface area (Å²) in [6.07, 6.45) is 3.21. The van der Waals surface area contributed by atoms with Crippen LogP contribution in [-0.4, -0.2) is 4.98 Å². The van der Waals surface area contributed by atoms with Gasteiger partial charge in [-0.15, -0.1) is 0 Å². The molecule has 19 heavy (non-hydrogen) atoms. The van der Waals surface area contributed by atoms with Gasteiger partial charge in [-0.1, -0.05) is 30.3 Å². The third-order valence-corrected chi connectivity index (χ3v) is 2.88. The van der Waals surface area contributed by atoms with E-state index in [-0.39, 0.29) is 0 Å². The summed E-state index contributed by atoms with van der Waals surface area (Å²) in [6, 6.07) is 15.8. The summed E-state index contributed by atoms with van der Waals surface area (Å²) in [5.41, 5.74) is 3.79. The van der Waals surface area contributed by atoms with E-state index in [1.165, 1.54) is 0 Å². The zero-order valence-corrected chi connectivity index (χ0v) is 10.3. The van der Waals surface area contributed by atoms with Gasteiger partial charge < -0.3 is 9.73 Å². The van der Waals surface area contributed by atoms with Crippen LogP contribution in [0.2, 0.25) is 0 Å². The Labute approximate surface area is 111 Å². The van der Waals surface area contributed by atoms with Gasteiger partial charge in [0.15, 0.2) is 0 Å². The average molecular weight is 249 g/mol. The fourth-order valence-electron chi connectivity index (χ4n) is 1.92. The standard InChI is InChI=1S/C16H13N2O/c1-12-6-2-4-8-14(12)18-15-9-5-3-7-13(15)16-17-10-11-19-16/h2-11,18H,1H2. The SMILES string of the molecule is [CH2]c1ccccc1Nc1ccccc1-c1ncco1. The molecule has 2 aromatic carbocycles. The summed E-state index contributed by atoms with van der Waals surface area (Å²) in [4.78, 5) is 4.19. The number of rotatable bonds is 3. The Morgan fingerprint density at radius 2 is 1.68 bits per heavy atom. The minimum Gasteiger partial charge on any atom is -0.444 e. The van der Waals surface area contributed by atoms with Gasteiger partial charge in [0, 0.05) is 5.69 Å². The molecule has 0 aliphatic carbocycles. The van der Waals surface area contributed by atoms with Crippen LogP contribution in [0.15, 0.2) is 65.4 Å². The van der Waals surface area contributed by atoms with Crippen LogP contribution in [0.3, 0.4) is 0 Å². The van der Waals surface area contributed by atoms with E-state index in [2.05, 4.69) is 17.2 Å². The van der Waals surface area contributed by atoms with E-state index in [1.54, 1.807) is 12.5 Å². The lowest BCUT2D eigenvalue weighted by molar-refractivity contribution is 0.575. The van der Waals surface area contributed by atoms with Crippen molar-refractivity contribution in [2.75, 3.05) is 5.32 Å². The second-order valence-corrected chi connectivity index (χ2v) is 4.16. The molecule has 3 rings (SSSR count). The predicted octanol–water partition coefficient (Wildman–Crippen LogP) is 4.27. The lowest BCUT2D eigenvalue weighted by Gasteiger charge is -2.11. The minimum absolute atomic E-state index is 0.602. The molecular weight excluding hydrogens is 236 g/mol. The van der Waals surface area contributed by atoms with E-state index in [9.17, 15) is 0 Å². The van der Waals surface area contributed by atoms with Gasteiger partial charge >= 0.3 is 0 Å². The quantitative estimate of drug-likeness (QED) is 0.753. The molecule has 1 aromatic heterocycles. The first-order valence-corrected chi connectivity index (χ1v) is 6.01. The summed E-state index contributed by atoms with van der Waals surface area (Å²) in [5.74, 6) is 0.602. The zero-order chi connectivity index (χ0) is 13.1. The molecule has 0 saturated heterocycles. The molecule has 0 bridgehead atoms. The van der Waals surface area contributed by atoms with E-state index in [0.717, 1.165) is 22.5 Å². The Morgan fingerprint density at radius 3 is 2.42 bits per heavy atom. The molecule has 0 aliphatic heterocycles. The molecule has 3 heteroatoms. The Morgan fingerprint density at radius 1 is 0.947 bits per heavy atom. The number of benzene rings is 2. The Balaban J connectivity index is 2.00. The first-order chi connectivity index (χ1) is 9.34. The third-order valence-electron chi connectivity index (χ3n) is 2.88. The van der Waals surface area contributed by atoms with E-state index < -0.39 is 0 Å². The molecule has 0 spiro atoms. The summed E-state index contributed by atoms with van der Waals surface area (Å²) in [5, 5.41) is 3.37. The normalized spacial score (nSPS) is 10.4. The summed E-state index contributed by atoms with van der Waals surface area (Å²) < 4.78 is 5.36. The monoisotopic (exact) mass is 249 g/mol. The average Bonchev–Trinajstić information content (AvgIpc) is 2.96. The van der Waals surface area contributed by atoms with E-state index >= 15 is 0 Å². The van der Waals surface area contributed by atoms with Crippen molar-refractivity contribution in [2.45, 2.75) is 0 Å². The summed E-state index contributed by atoms with van der Waals surface area (Å²) in [7, 11) is 0. The smallest absolute Gasteiger partial charge is 0.227 e. The molecule has 3 nitrogen and oxygen atoms in total. The van der Waals surface area contributed by atoms with Crippen molar-refractivity contribution in [2.24, 2.45) is 0 Å². The zero-order valence-electron chi connectivity index (χ0n) is 10.3. The molecular formula is C16H13N2O. The molecule has 0 aliphatic rings. The molecule has 1 radical (unpaired) electrons. The van der Waals surface area contributed by atoms with Crippen molar-refractivity contribution in [3.8, 4) is 11.5 Å². The van der Waals surface area contributed by atoms with Crippen molar-refractivity contribution in [3.05, 3.63) is 73.5 Å². The maximum absolute atomic E-state index is 5.36. The largest absolute Gasteiger partial charge is 0.444 e. The molecule has 0 unspecified atom stereocenters. The van der Waals surface area contributed by atoms with Crippen LogP contribution in [0.1, 0.15) is 5.56 Å². The van der Waals surface area contributed by atoms with Crippen LogP contribution >= 0.6 is 0 Å².